The molecular formula is C10H15Br2N3O. The van der Waals surface area contributed by atoms with Crippen molar-refractivity contribution in [2.75, 3.05) is 31.6 Å². The van der Waals surface area contributed by atoms with E-state index in [1.54, 1.807) is 6.20 Å². The first-order chi connectivity index (χ1) is 7.74. The monoisotopic (exact) mass is 351 g/mol. The Labute approximate surface area is 112 Å². The summed E-state index contributed by atoms with van der Waals surface area (Å²) in [5, 5.41) is 3.23. The fourth-order valence-corrected chi connectivity index (χ4v) is 2.24. The van der Waals surface area contributed by atoms with E-state index in [0.29, 0.717) is 13.2 Å². The molecule has 0 aliphatic heterocycles. The SMILES string of the molecule is NCCOCCCNc1ncc(Br)cc1Br. The van der Waals surface area contributed by atoms with Gasteiger partial charge in [-0.3, -0.25) is 0 Å². The maximum absolute atomic E-state index is 5.31. The summed E-state index contributed by atoms with van der Waals surface area (Å²) in [6, 6.07) is 1.96. The van der Waals surface area contributed by atoms with E-state index in [9.17, 15) is 0 Å². The molecule has 1 heterocycles. The van der Waals surface area contributed by atoms with E-state index < -0.39 is 0 Å². The van der Waals surface area contributed by atoms with Gasteiger partial charge in [-0.1, -0.05) is 0 Å². The number of nitrogens with one attached hydrogen (secondary N) is 1. The van der Waals surface area contributed by atoms with Crippen LogP contribution in [-0.4, -0.2) is 31.3 Å². The van der Waals surface area contributed by atoms with Gasteiger partial charge in [0.1, 0.15) is 5.82 Å². The Morgan fingerprint density at radius 3 is 2.88 bits per heavy atom. The first-order valence-corrected chi connectivity index (χ1v) is 6.65. The first-order valence-electron chi connectivity index (χ1n) is 5.06. The van der Waals surface area contributed by atoms with Crippen molar-refractivity contribution >= 4 is 37.7 Å². The minimum atomic E-state index is 0.577. The van der Waals surface area contributed by atoms with E-state index in [2.05, 4.69) is 42.2 Å². The van der Waals surface area contributed by atoms with Gasteiger partial charge in [-0.25, -0.2) is 4.98 Å². The average Bonchev–Trinajstić information content (AvgIpc) is 2.26. The summed E-state index contributed by atoms with van der Waals surface area (Å²) in [6.07, 6.45) is 2.70. The summed E-state index contributed by atoms with van der Waals surface area (Å²) in [7, 11) is 0. The Morgan fingerprint density at radius 1 is 1.38 bits per heavy atom. The molecule has 4 nitrogen and oxygen atoms in total. The molecule has 0 amide bonds. The molecule has 0 atom stereocenters. The lowest BCUT2D eigenvalue weighted by molar-refractivity contribution is 0.141. The average molecular weight is 353 g/mol. The summed E-state index contributed by atoms with van der Waals surface area (Å²) in [5.41, 5.74) is 5.31. The van der Waals surface area contributed by atoms with Crippen molar-refractivity contribution in [3.8, 4) is 0 Å². The Balaban J connectivity index is 2.21. The van der Waals surface area contributed by atoms with Crippen molar-refractivity contribution in [1.82, 2.24) is 4.98 Å². The number of aromatic nitrogens is 1. The van der Waals surface area contributed by atoms with Crippen LogP contribution in [0.5, 0.6) is 0 Å². The number of ether oxygens (including phenoxy) is 1. The van der Waals surface area contributed by atoms with Gasteiger partial charge in [0.15, 0.2) is 0 Å². The van der Waals surface area contributed by atoms with Gasteiger partial charge in [-0.05, 0) is 44.3 Å². The quantitative estimate of drug-likeness (QED) is 0.739. The zero-order valence-corrected chi connectivity index (χ0v) is 12.1. The third-order valence-corrected chi connectivity index (χ3v) is 2.87. The second-order valence-electron chi connectivity index (χ2n) is 3.17. The van der Waals surface area contributed by atoms with E-state index in [-0.39, 0.29) is 0 Å². The predicted octanol–water partition coefficient (Wildman–Crippen LogP) is 2.38. The van der Waals surface area contributed by atoms with Crippen molar-refractivity contribution < 1.29 is 4.74 Å². The van der Waals surface area contributed by atoms with Crippen LogP contribution in [0.15, 0.2) is 21.2 Å². The Kier molecular flexibility index (Phi) is 6.95. The molecule has 0 unspecified atom stereocenters. The van der Waals surface area contributed by atoms with Crippen LogP contribution < -0.4 is 11.1 Å². The molecule has 0 spiro atoms. The van der Waals surface area contributed by atoms with Gasteiger partial charge in [0.25, 0.3) is 0 Å². The number of nitrogens with two attached hydrogens (primary N) is 1. The maximum Gasteiger partial charge on any atom is 0.140 e. The van der Waals surface area contributed by atoms with Gasteiger partial charge < -0.3 is 15.8 Å². The first kappa shape index (κ1) is 13.9. The summed E-state index contributed by atoms with van der Waals surface area (Å²) in [5.74, 6) is 0.849. The number of hydrogen-bond acceptors (Lipinski definition) is 4. The van der Waals surface area contributed by atoms with E-state index in [1.807, 2.05) is 6.07 Å². The molecule has 1 aromatic rings. The number of hydrogen-bond donors (Lipinski definition) is 2. The van der Waals surface area contributed by atoms with Gasteiger partial charge >= 0.3 is 0 Å². The molecule has 0 fully saturated rings. The second-order valence-corrected chi connectivity index (χ2v) is 4.94. The van der Waals surface area contributed by atoms with Gasteiger partial charge in [0.2, 0.25) is 0 Å². The van der Waals surface area contributed by atoms with E-state index in [4.69, 9.17) is 10.5 Å². The zero-order chi connectivity index (χ0) is 11.8. The number of halogens is 2. The molecule has 1 aromatic heterocycles. The highest BCUT2D eigenvalue weighted by Crippen LogP contribution is 2.23. The van der Waals surface area contributed by atoms with Crippen molar-refractivity contribution in [1.29, 1.82) is 0 Å². The van der Waals surface area contributed by atoms with Crippen LogP contribution >= 0.6 is 31.9 Å². The Morgan fingerprint density at radius 2 is 2.19 bits per heavy atom. The van der Waals surface area contributed by atoms with Crippen molar-refractivity contribution in [3.63, 3.8) is 0 Å². The van der Waals surface area contributed by atoms with Gasteiger partial charge in [0.05, 0.1) is 11.1 Å². The van der Waals surface area contributed by atoms with Gasteiger partial charge in [-0.2, -0.15) is 0 Å². The summed E-state index contributed by atoms with van der Waals surface area (Å²) >= 11 is 6.79. The lowest BCUT2D eigenvalue weighted by Crippen LogP contribution is -2.11. The van der Waals surface area contributed by atoms with Crippen LogP contribution in [0.2, 0.25) is 0 Å². The summed E-state index contributed by atoms with van der Waals surface area (Å²) in [6.45, 7) is 2.75. The fraction of sp³-hybridized carbons (Fsp3) is 0.500. The van der Waals surface area contributed by atoms with Crippen molar-refractivity contribution in [2.24, 2.45) is 5.73 Å². The fourth-order valence-electron chi connectivity index (χ4n) is 1.11. The molecule has 0 aliphatic carbocycles. The summed E-state index contributed by atoms with van der Waals surface area (Å²) in [4.78, 5) is 4.25. The molecule has 16 heavy (non-hydrogen) atoms. The van der Waals surface area contributed by atoms with Crippen molar-refractivity contribution in [2.45, 2.75) is 6.42 Å². The molecule has 3 N–H and O–H groups in total. The second kappa shape index (κ2) is 8.00. The largest absolute Gasteiger partial charge is 0.380 e. The molecular weight excluding hydrogens is 338 g/mol. The minimum Gasteiger partial charge on any atom is -0.380 e. The number of anilines is 1. The molecule has 0 aliphatic rings. The molecule has 6 heteroatoms. The smallest absolute Gasteiger partial charge is 0.140 e. The third kappa shape index (κ3) is 5.25. The van der Waals surface area contributed by atoms with Crippen LogP contribution in [0.3, 0.4) is 0 Å². The Bertz CT molecular complexity index is 323. The van der Waals surface area contributed by atoms with E-state index in [1.165, 1.54) is 0 Å². The minimum absolute atomic E-state index is 0.577. The highest BCUT2D eigenvalue weighted by Gasteiger charge is 2.00. The summed E-state index contributed by atoms with van der Waals surface area (Å²) < 4.78 is 7.17. The normalized spacial score (nSPS) is 10.4. The van der Waals surface area contributed by atoms with Crippen molar-refractivity contribution in [3.05, 3.63) is 21.2 Å². The van der Waals surface area contributed by atoms with E-state index in [0.717, 1.165) is 34.3 Å². The van der Waals surface area contributed by atoms with Gasteiger partial charge in [0, 0.05) is 30.4 Å². The molecule has 0 saturated carbocycles. The lowest BCUT2D eigenvalue weighted by atomic mass is 10.4. The number of nitrogens with zero attached hydrogens (tertiary/aromatic N) is 1. The molecule has 1 rings (SSSR count). The van der Waals surface area contributed by atoms with E-state index >= 15 is 0 Å². The molecule has 90 valence electrons. The zero-order valence-electron chi connectivity index (χ0n) is 8.88. The van der Waals surface area contributed by atoms with Crippen LogP contribution in [-0.2, 0) is 4.74 Å². The Hall–Kier alpha value is -0.170. The lowest BCUT2D eigenvalue weighted by Gasteiger charge is -2.07. The van der Waals surface area contributed by atoms with Crippen LogP contribution in [0.25, 0.3) is 0 Å². The predicted molar refractivity (Wildman–Crippen MR) is 72.6 cm³/mol. The highest BCUT2D eigenvalue weighted by atomic mass is 79.9. The highest BCUT2D eigenvalue weighted by molar-refractivity contribution is 9.11. The standard InChI is InChI=1S/C10H15Br2N3O/c11-8-6-9(12)10(15-7-8)14-3-1-4-16-5-2-13/h6-7H,1-5,13H2,(H,14,15). The number of rotatable bonds is 7. The molecule has 0 saturated heterocycles. The van der Waals surface area contributed by atoms with Crippen LogP contribution in [0, 0.1) is 0 Å². The van der Waals surface area contributed by atoms with Gasteiger partial charge in [-0.15, -0.1) is 0 Å². The topological polar surface area (TPSA) is 60.2 Å². The third-order valence-electron chi connectivity index (χ3n) is 1.83. The molecule has 0 radical (unpaired) electrons. The number of pyridine rings is 1. The van der Waals surface area contributed by atoms with Crippen LogP contribution in [0.4, 0.5) is 5.82 Å². The molecule has 0 aromatic carbocycles. The molecule has 0 bridgehead atoms. The van der Waals surface area contributed by atoms with Crippen LogP contribution in [0.1, 0.15) is 6.42 Å². The maximum atomic E-state index is 5.31.